The summed E-state index contributed by atoms with van der Waals surface area (Å²) in [6, 6.07) is 86.1. The quantitative estimate of drug-likeness (QED) is 0.0218. The van der Waals surface area contributed by atoms with Crippen molar-refractivity contribution in [3.05, 3.63) is 276 Å². The maximum atomic E-state index is 12.6. The predicted molar refractivity (Wildman–Crippen MR) is 584 cm³/mol. The van der Waals surface area contributed by atoms with E-state index in [0.717, 1.165) is 216 Å². The maximum Gasteiger partial charge on any atom is 0.411 e. The molecule has 0 aliphatic carbocycles. The van der Waals surface area contributed by atoms with E-state index in [-0.39, 0.29) is 11.8 Å². The van der Waals surface area contributed by atoms with Gasteiger partial charge in [0.25, 0.3) is 0 Å². The molecule has 0 saturated carbocycles. The highest BCUT2D eigenvalue weighted by Crippen LogP contribution is 2.43. The van der Waals surface area contributed by atoms with E-state index in [4.69, 9.17) is 33.2 Å². The molecule has 0 unspecified atom stereocenters. The van der Waals surface area contributed by atoms with Crippen molar-refractivity contribution < 1.29 is 64.4 Å². The molecule has 4 amide bonds. The molecule has 30 nitrogen and oxygen atoms in total. The van der Waals surface area contributed by atoms with Crippen LogP contribution in [0.4, 0.5) is 42.8 Å². The molecule has 0 bridgehead atoms. The summed E-state index contributed by atoms with van der Waals surface area (Å²) in [6.45, 7) is 24.5. The minimum Gasteiger partial charge on any atom is -0.497 e. The number of nitrogens with one attached hydrogen (secondary N) is 6. The Morgan fingerprint density at radius 1 is 0.327 bits per heavy atom. The molecule has 5 heterocycles. The van der Waals surface area contributed by atoms with Crippen LogP contribution in [-0.2, 0) is 68.0 Å². The molecule has 16 aromatic rings. The number of anilines is 5. The van der Waals surface area contributed by atoms with E-state index in [1.165, 1.54) is 0 Å². The lowest BCUT2D eigenvalue weighted by Crippen LogP contribution is -2.28. The number of benzene rings is 11. The number of sulfonamides is 2. The summed E-state index contributed by atoms with van der Waals surface area (Å²) in [4.78, 5) is 35.0. The lowest BCUT2D eigenvalue weighted by atomic mass is 10.1. The number of ether oxygens (including phenoxy) is 7. The number of aromatic nitrogens is 5. The SMILES string of the molecule is CCCOC(=O)Nc1ccc(-c2c(C#N)c3ccc(OC)cc3n2CCC)cc1.CCCn1c(-c2ccc(NC(=O)NCC)cc2)c(C#N)c2ccc(OC)cc21.CCCn1c(-c2ccc(NC(=O)OCC)cc2)c(C#N)c2ccc(OC)cc21.CCCn1c(-c2ccc(NS(=O)(=O)C(C)C)cc2)c(C#N)c2ccc(OC)cc21.CCCn1c(-c2ccc(NS(=O)(=O)Cc3ccccc3)cc2)c(C#N)c2ccc(OC)cc21. The lowest BCUT2D eigenvalue weighted by molar-refractivity contribution is 0.161. The molecule has 5 aromatic heterocycles. The molecule has 11 aromatic carbocycles. The third-order valence-corrected chi connectivity index (χ3v) is 27.1. The number of aryl methyl sites for hydroxylation is 5. The van der Waals surface area contributed by atoms with Crippen LogP contribution in [0.2, 0.25) is 0 Å². The summed E-state index contributed by atoms with van der Waals surface area (Å²) < 4.78 is 102. The number of carbonyl (C=O) groups is 3. The van der Waals surface area contributed by atoms with Gasteiger partial charge in [0.05, 0.1) is 144 Å². The zero-order valence-electron chi connectivity index (χ0n) is 85.3. The van der Waals surface area contributed by atoms with E-state index < -0.39 is 37.5 Å². The molecule has 6 N–H and O–H groups in total. The fourth-order valence-corrected chi connectivity index (χ4v) is 19.3. The highest BCUT2D eigenvalue weighted by atomic mass is 32.2. The van der Waals surface area contributed by atoms with E-state index in [1.807, 2.05) is 220 Å². The third-order valence-electron chi connectivity index (χ3n) is 24.1. The number of hydrogen-bond acceptors (Lipinski definition) is 19. The first-order chi connectivity index (χ1) is 71.1. The van der Waals surface area contributed by atoms with E-state index in [9.17, 15) is 57.5 Å². The second-order valence-corrected chi connectivity index (χ2v) is 38.3. The van der Waals surface area contributed by atoms with Crippen molar-refractivity contribution in [2.75, 3.05) is 80.7 Å². The van der Waals surface area contributed by atoms with Gasteiger partial charge in [-0.15, -0.1) is 0 Å². The Labute approximate surface area is 858 Å². The molecule has 0 aliphatic rings. The first-order valence-electron chi connectivity index (χ1n) is 48.7. The summed E-state index contributed by atoms with van der Waals surface area (Å²) in [5.74, 6) is 3.65. The Bertz CT molecular complexity index is 7660. The number of fused-ring (bicyclic) bond motifs is 5. The normalized spacial score (nSPS) is 10.9. The molecule has 0 atom stereocenters. The zero-order chi connectivity index (χ0) is 106. The smallest absolute Gasteiger partial charge is 0.411 e. The van der Waals surface area contributed by atoms with Gasteiger partial charge in [0.15, 0.2) is 0 Å². The average Bonchev–Trinajstić information content (AvgIpc) is 1.62. The largest absolute Gasteiger partial charge is 0.497 e. The first kappa shape index (κ1) is 109. The van der Waals surface area contributed by atoms with Crippen LogP contribution in [0.5, 0.6) is 28.7 Å². The second kappa shape index (κ2) is 51.2. The van der Waals surface area contributed by atoms with Crippen molar-refractivity contribution in [1.82, 2.24) is 28.2 Å². The van der Waals surface area contributed by atoms with Crippen LogP contribution in [0.15, 0.2) is 243 Å². The Hall–Kier alpha value is -17.1. The number of rotatable bonds is 34. The predicted octanol–water partition coefficient (Wildman–Crippen LogP) is 25.8. The average molecular weight is 2020 g/mol. The van der Waals surface area contributed by atoms with Gasteiger partial charge in [-0.25, -0.2) is 31.2 Å². The Morgan fingerprint density at radius 2 is 0.592 bits per heavy atom. The molecular formula is C115H122N16O14S2. The Morgan fingerprint density at radius 3 is 0.837 bits per heavy atom. The van der Waals surface area contributed by atoms with Crippen molar-refractivity contribution >= 4 is 121 Å². The molecular weight excluding hydrogens is 1890 g/mol. The summed E-state index contributed by atoms with van der Waals surface area (Å²) in [7, 11) is 1.20. The summed E-state index contributed by atoms with van der Waals surface area (Å²) >= 11 is 0. The van der Waals surface area contributed by atoms with Crippen LogP contribution in [0, 0.1) is 56.7 Å². The van der Waals surface area contributed by atoms with Gasteiger partial charge in [-0.1, -0.05) is 133 Å². The van der Waals surface area contributed by atoms with Crippen LogP contribution in [0.1, 0.15) is 141 Å². The highest BCUT2D eigenvalue weighted by molar-refractivity contribution is 7.93. The van der Waals surface area contributed by atoms with Crippen LogP contribution in [0.3, 0.4) is 0 Å². The van der Waals surface area contributed by atoms with Gasteiger partial charge in [0.2, 0.25) is 20.0 Å². The van der Waals surface area contributed by atoms with Crippen LogP contribution in [-0.4, -0.2) is 118 Å². The van der Waals surface area contributed by atoms with Gasteiger partial charge in [-0.3, -0.25) is 20.1 Å². The number of hydrogen-bond donors (Lipinski definition) is 6. The van der Waals surface area contributed by atoms with Gasteiger partial charge < -0.3 is 66.6 Å². The molecule has 0 fully saturated rings. The van der Waals surface area contributed by atoms with Crippen LogP contribution in [0.25, 0.3) is 111 Å². The number of methoxy groups -OCH3 is 5. The highest BCUT2D eigenvalue weighted by Gasteiger charge is 2.28. The van der Waals surface area contributed by atoms with E-state index in [1.54, 1.807) is 92.7 Å². The number of nitriles is 5. The summed E-state index contributed by atoms with van der Waals surface area (Å²) in [6.07, 6.45) is 4.43. The second-order valence-electron chi connectivity index (χ2n) is 34.4. The minimum absolute atomic E-state index is 0.0965. The van der Waals surface area contributed by atoms with Gasteiger partial charge in [0, 0.05) is 125 Å². The molecule has 0 spiro atoms. The van der Waals surface area contributed by atoms with Crippen LogP contribution < -0.4 is 54.4 Å². The van der Waals surface area contributed by atoms with Crippen molar-refractivity contribution in [2.24, 2.45) is 0 Å². The van der Waals surface area contributed by atoms with Crippen molar-refractivity contribution in [2.45, 2.75) is 151 Å². The molecule has 0 radical (unpaired) electrons. The summed E-state index contributed by atoms with van der Waals surface area (Å²) in [5.41, 5.74) is 20.4. The minimum atomic E-state index is -3.54. The zero-order valence-corrected chi connectivity index (χ0v) is 86.9. The van der Waals surface area contributed by atoms with Crippen molar-refractivity contribution in [3.63, 3.8) is 0 Å². The van der Waals surface area contributed by atoms with Crippen LogP contribution >= 0.6 is 0 Å². The van der Waals surface area contributed by atoms with Gasteiger partial charge in [0.1, 0.15) is 59.1 Å². The van der Waals surface area contributed by atoms with E-state index >= 15 is 0 Å². The monoisotopic (exact) mass is 2010 g/mol. The molecule has 147 heavy (non-hydrogen) atoms. The molecule has 758 valence electrons. The van der Waals surface area contributed by atoms with Crippen molar-refractivity contribution in [3.8, 4) is 115 Å². The number of nitrogens with zero attached hydrogens (tertiary/aromatic N) is 10. The Kier molecular flexibility index (Phi) is 37.9. The van der Waals surface area contributed by atoms with Gasteiger partial charge >= 0.3 is 18.2 Å². The summed E-state index contributed by atoms with van der Waals surface area (Å²) in [5, 5.41) is 64.2. The Balaban J connectivity index is 0.000000164. The lowest BCUT2D eigenvalue weighted by Gasteiger charge is -2.13. The fraction of sp³-hybridized carbons (Fsp3) is 0.270. The number of carbonyl (C=O) groups excluding carboxylic acids is 3. The number of urea groups is 1. The fourth-order valence-electron chi connectivity index (χ4n) is 17.4. The maximum absolute atomic E-state index is 12.6. The standard InChI is InChI=1S/C26H25N3O3S.C23H25N3O3.C22H24N4O2.C22H25N3O3S.C22H23N3O3/c1-3-15-29-25-16-22(32-2)13-14-23(25)24(17-27)26(29)20-9-11-21(12-10-20)28-33(30,31)18-19-7-5-4-6-8-19;1-4-12-26-21-14-18(28-3)10-11-19(21)20(15-24)22(26)16-6-8-17(9-7-16)25-23(27)29-13-5-2;1-4-12-26-20-13-17(28-3)10-11-18(20)19(14-23)21(26)15-6-8-16(9-7-15)25-22(27)24-5-2;1-5-12-25-21-13-18(28-4)10-11-19(21)20(14-23)22(25)16-6-8-17(9-7-16)24-29(26,27)15(2)3;1-4-12-25-20-13-17(27-3)10-11-18(20)19(14-23)21(25)15-6-8-16(9-7-15)24-22(26)28-5-2/h4-14,16,28H,3,15,18H2,1-2H3;6-11,14H,4-5,12-13H2,1-3H3,(H,25,27);6-11,13H,4-5,12H2,1-3H3,(H2,24,25,27);6-11,13,15,24H,5,12H2,1-4H3;6-11,13H,4-5,12H2,1-3H3,(H,24,26). The van der Waals surface area contributed by atoms with Crippen molar-refractivity contribution in [1.29, 1.82) is 26.3 Å². The number of amides is 4. The van der Waals surface area contributed by atoms with Gasteiger partial charge in [-0.05, 0) is 221 Å². The molecule has 16 rings (SSSR count). The van der Waals surface area contributed by atoms with E-state index in [2.05, 4.69) is 119 Å². The van der Waals surface area contributed by atoms with Gasteiger partial charge in [-0.2, -0.15) is 26.3 Å². The van der Waals surface area contributed by atoms with E-state index in [0.29, 0.717) is 76.0 Å². The topological polar surface area (TPSA) is 400 Å². The molecule has 0 aliphatic heterocycles. The first-order valence-corrected chi connectivity index (χ1v) is 51.9. The molecule has 32 heteroatoms. The third kappa shape index (κ3) is 25.7. The molecule has 0 saturated heterocycles.